The van der Waals surface area contributed by atoms with Crippen LogP contribution < -0.4 is 10.3 Å². The van der Waals surface area contributed by atoms with E-state index in [1.807, 2.05) is 13.8 Å². The first kappa shape index (κ1) is 25.8. The fourth-order valence-electron chi connectivity index (χ4n) is 3.74. The van der Waals surface area contributed by atoms with E-state index in [2.05, 4.69) is 11.9 Å². The molecule has 2 atom stereocenters. The van der Waals surface area contributed by atoms with E-state index in [1.165, 1.54) is 4.90 Å². The lowest BCUT2D eigenvalue weighted by Crippen LogP contribution is -2.41. The van der Waals surface area contributed by atoms with Crippen molar-refractivity contribution < 1.29 is 23.8 Å². The molecular weight excluding hydrogens is 414 g/mol. The van der Waals surface area contributed by atoms with Crippen LogP contribution in [0.1, 0.15) is 76.1 Å². The zero-order valence-electron chi connectivity index (χ0n) is 20.2. The molecular formula is C23H37N3O6. The van der Waals surface area contributed by atoms with E-state index in [0.29, 0.717) is 31.8 Å². The molecule has 1 aromatic rings. The number of amides is 1. The Morgan fingerprint density at radius 1 is 1.25 bits per heavy atom. The number of nitrogens with zero attached hydrogens (tertiary/aromatic N) is 3. The number of aromatic nitrogens is 2. The fraction of sp³-hybridized carbons (Fsp3) is 0.739. The van der Waals surface area contributed by atoms with Gasteiger partial charge in [-0.15, -0.1) is 0 Å². The summed E-state index contributed by atoms with van der Waals surface area (Å²) in [6.07, 6.45) is 3.49. The van der Waals surface area contributed by atoms with Crippen molar-refractivity contribution in [2.75, 3.05) is 33.9 Å². The van der Waals surface area contributed by atoms with Crippen molar-refractivity contribution >= 4 is 11.9 Å². The Labute approximate surface area is 190 Å². The van der Waals surface area contributed by atoms with E-state index in [9.17, 15) is 14.4 Å². The fourth-order valence-corrected chi connectivity index (χ4v) is 3.74. The van der Waals surface area contributed by atoms with E-state index in [1.54, 1.807) is 25.6 Å². The highest BCUT2D eigenvalue weighted by atomic mass is 16.5. The van der Waals surface area contributed by atoms with Crippen LogP contribution in [0.15, 0.2) is 4.79 Å². The molecule has 1 amide bonds. The molecule has 1 aliphatic rings. The summed E-state index contributed by atoms with van der Waals surface area (Å²) < 4.78 is 18.7. The number of likely N-dealkylation sites (N-methyl/N-ethyl adjacent to an activating group) is 1. The minimum atomic E-state index is -0.973. The van der Waals surface area contributed by atoms with Gasteiger partial charge in [-0.3, -0.25) is 14.2 Å². The van der Waals surface area contributed by atoms with Crippen LogP contribution in [0.4, 0.5) is 0 Å². The third kappa shape index (κ3) is 5.68. The van der Waals surface area contributed by atoms with Gasteiger partial charge in [0.1, 0.15) is 18.0 Å². The Bertz CT molecular complexity index is 866. The number of unbranched alkanes of at least 4 members (excludes halogenated alkanes) is 1. The molecule has 0 N–H and O–H groups in total. The van der Waals surface area contributed by atoms with Crippen molar-refractivity contribution in [3.8, 4) is 5.75 Å². The average molecular weight is 452 g/mol. The monoisotopic (exact) mass is 451 g/mol. The maximum absolute atomic E-state index is 13.5. The lowest BCUT2D eigenvalue weighted by atomic mass is 9.91. The van der Waals surface area contributed by atoms with Crippen molar-refractivity contribution in [2.45, 2.75) is 71.9 Å². The highest BCUT2D eigenvalue weighted by Gasteiger charge is 2.41. The molecule has 0 radical (unpaired) electrons. The first-order valence-electron chi connectivity index (χ1n) is 11.5. The summed E-state index contributed by atoms with van der Waals surface area (Å²) in [6.45, 7) is 8.45. The lowest BCUT2D eigenvalue weighted by molar-refractivity contribution is -0.144. The molecule has 32 heavy (non-hydrogen) atoms. The minimum absolute atomic E-state index is 0.0795. The third-order valence-electron chi connectivity index (χ3n) is 5.83. The Balaban J connectivity index is 2.66. The van der Waals surface area contributed by atoms with Gasteiger partial charge in [0.25, 0.3) is 5.56 Å². The van der Waals surface area contributed by atoms with E-state index >= 15 is 0 Å². The van der Waals surface area contributed by atoms with E-state index < -0.39 is 17.1 Å². The molecule has 0 bridgehead atoms. The first-order chi connectivity index (χ1) is 15.2. The molecule has 0 spiro atoms. The van der Waals surface area contributed by atoms with Crippen LogP contribution in [-0.2, 0) is 26.4 Å². The summed E-state index contributed by atoms with van der Waals surface area (Å²) >= 11 is 0. The molecule has 0 saturated carbocycles. The van der Waals surface area contributed by atoms with Gasteiger partial charge in [-0.2, -0.15) is 0 Å². The largest absolute Gasteiger partial charge is 0.486 e. The number of ether oxygens (including phenoxy) is 3. The Morgan fingerprint density at radius 3 is 2.56 bits per heavy atom. The second-order valence-electron chi connectivity index (χ2n) is 8.52. The second-order valence-corrected chi connectivity index (χ2v) is 8.52. The lowest BCUT2D eigenvalue weighted by Gasteiger charge is -2.33. The number of carbonyl (C=O) groups is 2. The quantitative estimate of drug-likeness (QED) is 0.398. The van der Waals surface area contributed by atoms with Gasteiger partial charge >= 0.3 is 5.97 Å². The number of carbonyl (C=O) groups excluding carboxylic acids is 2. The van der Waals surface area contributed by atoms with Gasteiger partial charge in [0.2, 0.25) is 11.7 Å². The summed E-state index contributed by atoms with van der Waals surface area (Å²) in [5.74, 6) is -0.428. The van der Waals surface area contributed by atoms with E-state index in [-0.39, 0.29) is 36.5 Å². The molecule has 9 nitrogen and oxygen atoms in total. The number of fused-ring (bicyclic) bond motifs is 1. The van der Waals surface area contributed by atoms with Crippen LogP contribution in [0.5, 0.6) is 5.75 Å². The molecule has 2 unspecified atom stereocenters. The van der Waals surface area contributed by atoms with Crippen LogP contribution in [-0.4, -0.2) is 60.2 Å². The maximum atomic E-state index is 13.5. The topological polar surface area (TPSA) is 100.0 Å². The maximum Gasteiger partial charge on any atom is 0.361 e. The van der Waals surface area contributed by atoms with Crippen LogP contribution in [0, 0.1) is 5.92 Å². The molecule has 180 valence electrons. The summed E-state index contributed by atoms with van der Waals surface area (Å²) in [5, 5.41) is 0. The smallest absolute Gasteiger partial charge is 0.361 e. The molecule has 1 aromatic heterocycles. The van der Waals surface area contributed by atoms with Gasteiger partial charge in [0.05, 0.1) is 13.2 Å². The molecule has 0 aliphatic carbocycles. The number of rotatable bonds is 10. The Hall–Kier alpha value is -2.42. The van der Waals surface area contributed by atoms with Gasteiger partial charge in [0, 0.05) is 20.6 Å². The van der Waals surface area contributed by atoms with Gasteiger partial charge < -0.3 is 19.1 Å². The molecule has 2 rings (SSSR count). The Kier molecular flexibility index (Phi) is 9.24. The summed E-state index contributed by atoms with van der Waals surface area (Å²) in [6, 6.07) is 0. The molecule has 0 aromatic carbocycles. The van der Waals surface area contributed by atoms with Crippen molar-refractivity contribution in [1.82, 2.24) is 14.5 Å². The SMILES string of the molecule is CCCCOc1c(C(=O)OCC)nc2n(c1=O)CC(C)CCC2(CC)OCC(=O)N(C)C. The number of esters is 1. The number of hydrogen-bond acceptors (Lipinski definition) is 7. The van der Waals surface area contributed by atoms with Crippen LogP contribution >= 0.6 is 0 Å². The second kappa shape index (κ2) is 11.4. The first-order valence-corrected chi connectivity index (χ1v) is 11.5. The molecule has 1 aliphatic heterocycles. The van der Waals surface area contributed by atoms with Crippen LogP contribution in [0.3, 0.4) is 0 Å². The normalized spacial score (nSPS) is 20.2. The predicted molar refractivity (Wildman–Crippen MR) is 120 cm³/mol. The van der Waals surface area contributed by atoms with Gasteiger partial charge in [-0.1, -0.05) is 27.2 Å². The average Bonchev–Trinajstić information content (AvgIpc) is 2.90. The molecule has 0 fully saturated rings. The summed E-state index contributed by atoms with van der Waals surface area (Å²) in [4.78, 5) is 44.6. The highest BCUT2D eigenvalue weighted by molar-refractivity contribution is 5.90. The summed E-state index contributed by atoms with van der Waals surface area (Å²) in [7, 11) is 3.32. The van der Waals surface area contributed by atoms with Crippen LogP contribution in [0.2, 0.25) is 0 Å². The number of hydrogen-bond donors (Lipinski definition) is 0. The van der Waals surface area contributed by atoms with Crippen LogP contribution in [0.25, 0.3) is 0 Å². The van der Waals surface area contributed by atoms with Crippen molar-refractivity contribution in [2.24, 2.45) is 5.92 Å². The molecule has 2 heterocycles. The van der Waals surface area contributed by atoms with Gasteiger partial charge in [0.15, 0.2) is 5.69 Å². The zero-order chi connectivity index (χ0) is 23.9. The van der Waals surface area contributed by atoms with Crippen molar-refractivity contribution in [3.63, 3.8) is 0 Å². The van der Waals surface area contributed by atoms with Gasteiger partial charge in [-0.25, -0.2) is 9.78 Å². The molecule has 9 heteroatoms. The zero-order valence-corrected chi connectivity index (χ0v) is 20.2. The minimum Gasteiger partial charge on any atom is -0.486 e. The third-order valence-corrected chi connectivity index (χ3v) is 5.83. The summed E-state index contributed by atoms with van der Waals surface area (Å²) in [5.41, 5.74) is -1.52. The van der Waals surface area contributed by atoms with Crippen molar-refractivity contribution in [3.05, 3.63) is 21.9 Å². The van der Waals surface area contributed by atoms with Crippen molar-refractivity contribution in [1.29, 1.82) is 0 Å². The molecule has 0 saturated heterocycles. The Morgan fingerprint density at radius 2 is 1.97 bits per heavy atom. The van der Waals surface area contributed by atoms with E-state index in [0.717, 1.165) is 19.3 Å². The van der Waals surface area contributed by atoms with E-state index in [4.69, 9.17) is 14.2 Å². The predicted octanol–water partition coefficient (Wildman–Crippen LogP) is 2.74. The standard InChI is InChI=1S/C23H37N3O6/c1-7-10-13-31-19-18(21(29)30-9-3)24-22-23(8-2,32-15-17(27)25(5)6)12-11-16(4)14-26(22)20(19)28/h16H,7-15H2,1-6H3. The van der Waals surface area contributed by atoms with Gasteiger partial charge in [-0.05, 0) is 38.5 Å². The highest BCUT2D eigenvalue weighted by Crippen LogP contribution is 2.38.